The van der Waals surface area contributed by atoms with Crippen LogP contribution in [0.4, 0.5) is 10.5 Å². The summed E-state index contributed by atoms with van der Waals surface area (Å²) in [6, 6.07) is 9.43. The molecule has 6 heteroatoms. The average molecular weight is 302 g/mol. The number of anilines is 1. The van der Waals surface area contributed by atoms with E-state index < -0.39 is 0 Å². The average Bonchev–Trinajstić information content (AvgIpc) is 3.00. The van der Waals surface area contributed by atoms with E-state index in [4.69, 9.17) is 4.74 Å². The Hall–Kier alpha value is -2.34. The molecule has 22 heavy (non-hydrogen) atoms. The number of urea groups is 1. The molecule has 2 aromatic rings. The Labute approximate surface area is 130 Å². The molecule has 0 aliphatic rings. The number of benzene rings is 1. The maximum Gasteiger partial charge on any atom is 0.319 e. The number of carbonyl (C=O) groups excluding carboxylic acids is 1. The molecule has 2 amide bonds. The van der Waals surface area contributed by atoms with Crippen molar-refractivity contribution in [2.24, 2.45) is 0 Å². The molecule has 1 aromatic carbocycles. The first kappa shape index (κ1) is 16.0. The van der Waals surface area contributed by atoms with Crippen LogP contribution in [0.2, 0.25) is 0 Å². The van der Waals surface area contributed by atoms with Gasteiger partial charge in [0.25, 0.3) is 0 Å². The summed E-state index contributed by atoms with van der Waals surface area (Å²) in [7, 11) is 1.65. The van der Waals surface area contributed by atoms with Crippen LogP contribution in [0.5, 0.6) is 0 Å². The van der Waals surface area contributed by atoms with Crippen molar-refractivity contribution in [3.8, 4) is 0 Å². The van der Waals surface area contributed by atoms with Crippen LogP contribution in [0.25, 0.3) is 0 Å². The molecule has 1 heterocycles. The van der Waals surface area contributed by atoms with Crippen molar-refractivity contribution in [1.29, 1.82) is 0 Å². The van der Waals surface area contributed by atoms with Gasteiger partial charge in [0.1, 0.15) is 0 Å². The van der Waals surface area contributed by atoms with Gasteiger partial charge in [0.2, 0.25) is 0 Å². The third-order valence-corrected chi connectivity index (χ3v) is 3.29. The molecule has 0 unspecified atom stereocenters. The molecule has 0 aliphatic heterocycles. The van der Waals surface area contributed by atoms with Gasteiger partial charge in [-0.15, -0.1) is 0 Å². The zero-order chi connectivity index (χ0) is 15.8. The van der Waals surface area contributed by atoms with Crippen molar-refractivity contribution in [3.05, 3.63) is 48.3 Å². The molecule has 0 spiro atoms. The van der Waals surface area contributed by atoms with Crippen LogP contribution in [0.3, 0.4) is 0 Å². The minimum atomic E-state index is -0.212. The van der Waals surface area contributed by atoms with E-state index >= 15 is 0 Å². The van der Waals surface area contributed by atoms with Crippen LogP contribution < -0.4 is 10.6 Å². The normalized spacial score (nSPS) is 11.9. The Bertz CT molecular complexity index is 584. The summed E-state index contributed by atoms with van der Waals surface area (Å²) >= 11 is 0. The number of para-hydroxylation sites is 1. The van der Waals surface area contributed by atoms with E-state index in [2.05, 4.69) is 15.7 Å². The summed E-state index contributed by atoms with van der Waals surface area (Å²) in [6.45, 7) is 3.19. The quantitative estimate of drug-likeness (QED) is 0.825. The number of nitrogens with zero attached hydrogens (tertiary/aromatic N) is 2. The number of ether oxygens (including phenoxy) is 1. The molecular weight excluding hydrogens is 280 g/mol. The molecule has 2 N–H and O–H groups in total. The minimum absolute atomic E-state index is 0.0539. The number of hydrogen-bond donors (Lipinski definition) is 2. The van der Waals surface area contributed by atoms with Crippen molar-refractivity contribution in [2.75, 3.05) is 19.0 Å². The van der Waals surface area contributed by atoms with Crippen LogP contribution in [0, 0.1) is 0 Å². The summed E-state index contributed by atoms with van der Waals surface area (Å²) in [5.41, 5.74) is 1.79. The topological polar surface area (TPSA) is 68.2 Å². The fraction of sp³-hybridized carbons (Fsp3) is 0.375. The van der Waals surface area contributed by atoms with Gasteiger partial charge in [0.05, 0.1) is 6.54 Å². The van der Waals surface area contributed by atoms with E-state index in [9.17, 15) is 4.79 Å². The molecule has 0 saturated heterocycles. The lowest BCUT2D eigenvalue weighted by Gasteiger charge is -2.16. The number of aromatic nitrogens is 2. The molecule has 0 bridgehead atoms. The highest BCUT2D eigenvalue weighted by Gasteiger charge is 2.09. The van der Waals surface area contributed by atoms with Crippen molar-refractivity contribution in [1.82, 2.24) is 15.1 Å². The van der Waals surface area contributed by atoms with Crippen LogP contribution >= 0.6 is 0 Å². The largest absolute Gasteiger partial charge is 0.385 e. The molecule has 1 atom stereocenters. The van der Waals surface area contributed by atoms with Crippen LogP contribution in [0.15, 0.2) is 42.7 Å². The van der Waals surface area contributed by atoms with Gasteiger partial charge in [0, 0.05) is 37.8 Å². The summed E-state index contributed by atoms with van der Waals surface area (Å²) in [6.07, 6.45) is 4.41. The number of amides is 2. The zero-order valence-corrected chi connectivity index (χ0v) is 13.0. The van der Waals surface area contributed by atoms with Gasteiger partial charge in [-0.25, -0.2) is 4.79 Å². The molecule has 0 radical (unpaired) electrons. The summed E-state index contributed by atoms with van der Waals surface area (Å²) in [5.74, 6) is 0. The van der Waals surface area contributed by atoms with Gasteiger partial charge < -0.3 is 15.4 Å². The maximum atomic E-state index is 12.1. The zero-order valence-electron chi connectivity index (χ0n) is 13.0. The molecular formula is C16H22N4O2. The van der Waals surface area contributed by atoms with Crippen molar-refractivity contribution < 1.29 is 9.53 Å². The summed E-state index contributed by atoms with van der Waals surface area (Å²) < 4.78 is 6.83. The maximum absolute atomic E-state index is 12.1. The van der Waals surface area contributed by atoms with Gasteiger partial charge in [-0.05, 0) is 31.0 Å². The Morgan fingerprint density at radius 3 is 2.91 bits per heavy atom. The molecule has 0 aliphatic carbocycles. The van der Waals surface area contributed by atoms with E-state index in [1.165, 1.54) is 0 Å². The fourth-order valence-electron chi connectivity index (χ4n) is 2.10. The highest BCUT2D eigenvalue weighted by Crippen LogP contribution is 2.16. The lowest BCUT2D eigenvalue weighted by molar-refractivity contribution is 0.185. The van der Waals surface area contributed by atoms with Crippen molar-refractivity contribution >= 4 is 11.7 Å². The molecule has 6 nitrogen and oxygen atoms in total. The Morgan fingerprint density at radius 2 is 2.18 bits per heavy atom. The van der Waals surface area contributed by atoms with E-state index in [1.54, 1.807) is 13.3 Å². The number of hydrogen-bond acceptors (Lipinski definition) is 3. The Balaban J connectivity index is 1.95. The summed E-state index contributed by atoms with van der Waals surface area (Å²) in [4.78, 5) is 12.1. The third-order valence-electron chi connectivity index (χ3n) is 3.29. The second-order valence-corrected chi connectivity index (χ2v) is 5.14. The van der Waals surface area contributed by atoms with Crippen LogP contribution in [-0.4, -0.2) is 35.6 Å². The van der Waals surface area contributed by atoms with Gasteiger partial charge >= 0.3 is 6.03 Å². The lowest BCUT2D eigenvalue weighted by atomic mass is 10.2. The molecule has 2 rings (SSSR count). The van der Waals surface area contributed by atoms with E-state index in [0.717, 1.165) is 17.7 Å². The van der Waals surface area contributed by atoms with E-state index in [0.29, 0.717) is 13.2 Å². The second kappa shape index (κ2) is 8.19. The highest BCUT2D eigenvalue weighted by molar-refractivity contribution is 5.90. The van der Waals surface area contributed by atoms with Gasteiger partial charge in [-0.1, -0.05) is 18.2 Å². The van der Waals surface area contributed by atoms with E-state index in [1.807, 2.05) is 48.1 Å². The molecule has 118 valence electrons. The number of carbonyl (C=O) groups is 1. The van der Waals surface area contributed by atoms with Crippen LogP contribution in [-0.2, 0) is 11.3 Å². The first-order valence-corrected chi connectivity index (χ1v) is 7.31. The lowest BCUT2D eigenvalue weighted by Crippen LogP contribution is -2.36. The van der Waals surface area contributed by atoms with Gasteiger partial charge in [0.15, 0.2) is 0 Å². The highest BCUT2D eigenvalue weighted by atomic mass is 16.5. The Morgan fingerprint density at radius 1 is 1.36 bits per heavy atom. The second-order valence-electron chi connectivity index (χ2n) is 5.14. The van der Waals surface area contributed by atoms with E-state index in [-0.39, 0.29) is 12.1 Å². The molecule has 0 saturated carbocycles. The van der Waals surface area contributed by atoms with Gasteiger partial charge in [-0.3, -0.25) is 4.68 Å². The van der Waals surface area contributed by atoms with Crippen molar-refractivity contribution in [2.45, 2.75) is 25.9 Å². The molecule has 1 aromatic heterocycles. The first-order chi connectivity index (χ1) is 10.7. The molecule has 0 fully saturated rings. The standard InChI is InChI=1S/C16H22N4O2/c1-13(8-11-22-2)18-16(21)19-15-7-4-3-6-14(15)12-20-10-5-9-17-20/h3-7,9-10,13H,8,11-12H2,1-2H3,(H2,18,19,21)/t13-/m1/s1. The monoisotopic (exact) mass is 302 g/mol. The number of nitrogens with one attached hydrogen (secondary N) is 2. The first-order valence-electron chi connectivity index (χ1n) is 7.31. The fourth-order valence-corrected chi connectivity index (χ4v) is 2.10. The smallest absolute Gasteiger partial charge is 0.319 e. The predicted octanol–water partition coefficient (Wildman–Crippen LogP) is 2.48. The predicted molar refractivity (Wildman–Crippen MR) is 85.9 cm³/mol. The Kier molecular flexibility index (Phi) is 5.97. The van der Waals surface area contributed by atoms with Crippen molar-refractivity contribution in [3.63, 3.8) is 0 Å². The third kappa shape index (κ3) is 4.89. The summed E-state index contributed by atoms with van der Waals surface area (Å²) in [5, 5.41) is 9.98. The number of methoxy groups -OCH3 is 1. The van der Waals surface area contributed by atoms with Gasteiger partial charge in [-0.2, -0.15) is 5.10 Å². The van der Waals surface area contributed by atoms with Crippen LogP contribution in [0.1, 0.15) is 18.9 Å². The number of rotatable bonds is 7. The SMILES string of the molecule is COCC[C@@H](C)NC(=O)Nc1ccccc1Cn1cccn1. The minimum Gasteiger partial charge on any atom is -0.385 e.